The van der Waals surface area contributed by atoms with Crippen LogP contribution < -0.4 is 5.32 Å². The predicted octanol–water partition coefficient (Wildman–Crippen LogP) is -0.249. The van der Waals surface area contributed by atoms with Gasteiger partial charge in [-0.25, -0.2) is 0 Å². The summed E-state index contributed by atoms with van der Waals surface area (Å²) in [5.74, 6) is 0.217. The lowest BCUT2D eigenvalue weighted by Crippen LogP contribution is -2.49. The molecule has 3 heterocycles. The molecule has 0 saturated carbocycles. The number of piperazine rings is 1. The standard InChI is InChI=1S/C16H28N4O2/c1-2-18-7-3-4-14(18)12-20-11-13(10-15(20)21)16(22)19-8-5-17-6-9-19/h13-14,17H,2-12H2,1H3. The summed E-state index contributed by atoms with van der Waals surface area (Å²) in [4.78, 5) is 31.2. The SMILES string of the molecule is CCN1CCCC1CN1CC(C(=O)N2CCNCC2)CC1=O. The first-order valence-corrected chi connectivity index (χ1v) is 8.70. The maximum atomic E-state index is 12.6. The van der Waals surface area contributed by atoms with Gasteiger partial charge in [0.15, 0.2) is 0 Å². The monoisotopic (exact) mass is 308 g/mol. The zero-order valence-corrected chi connectivity index (χ0v) is 13.6. The Morgan fingerprint density at radius 2 is 2.05 bits per heavy atom. The Kier molecular flexibility index (Phi) is 4.98. The highest BCUT2D eigenvalue weighted by Gasteiger charge is 2.38. The largest absolute Gasteiger partial charge is 0.340 e. The van der Waals surface area contributed by atoms with Crippen molar-refractivity contribution in [3.63, 3.8) is 0 Å². The average molecular weight is 308 g/mol. The quantitative estimate of drug-likeness (QED) is 0.778. The van der Waals surface area contributed by atoms with Crippen LogP contribution in [0.1, 0.15) is 26.2 Å². The third kappa shape index (κ3) is 3.27. The summed E-state index contributed by atoms with van der Waals surface area (Å²) in [6.45, 7) is 9.08. The van der Waals surface area contributed by atoms with E-state index in [1.807, 2.05) is 9.80 Å². The molecule has 0 bridgehead atoms. The van der Waals surface area contributed by atoms with Crippen molar-refractivity contribution in [2.45, 2.75) is 32.2 Å². The van der Waals surface area contributed by atoms with E-state index in [2.05, 4.69) is 17.1 Å². The van der Waals surface area contributed by atoms with Gasteiger partial charge in [0.1, 0.15) is 0 Å². The molecule has 0 aliphatic carbocycles. The minimum absolute atomic E-state index is 0.123. The van der Waals surface area contributed by atoms with Crippen molar-refractivity contribution in [1.82, 2.24) is 20.0 Å². The molecule has 6 nitrogen and oxygen atoms in total. The van der Waals surface area contributed by atoms with Crippen molar-refractivity contribution in [2.24, 2.45) is 5.92 Å². The van der Waals surface area contributed by atoms with Gasteiger partial charge in [-0.3, -0.25) is 14.5 Å². The Bertz CT molecular complexity index is 422. The molecule has 2 amide bonds. The first kappa shape index (κ1) is 15.7. The van der Waals surface area contributed by atoms with Crippen molar-refractivity contribution >= 4 is 11.8 Å². The summed E-state index contributed by atoms with van der Waals surface area (Å²) in [5, 5.41) is 3.26. The molecule has 124 valence electrons. The molecule has 0 spiro atoms. The topological polar surface area (TPSA) is 55.9 Å². The number of hydrogen-bond donors (Lipinski definition) is 1. The minimum atomic E-state index is -0.123. The van der Waals surface area contributed by atoms with E-state index in [-0.39, 0.29) is 17.7 Å². The second kappa shape index (κ2) is 6.96. The molecule has 1 N–H and O–H groups in total. The second-order valence-corrected chi connectivity index (χ2v) is 6.70. The molecule has 2 unspecified atom stereocenters. The van der Waals surface area contributed by atoms with Crippen LogP contribution in [-0.4, -0.2) is 84.9 Å². The maximum Gasteiger partial charge on any atom is 0.228 e. The number of nitrogens with one attached hydrogen (secondary N) is 1. The molecule has 6 heteroatoms. The smallest absolute Gasteiger partial charge is 0.228 e. The highest BCUT2D eigenvalue weighted by atomic mass is 16.2. The lowest BCUT2D eigenvalue weighted by molar-refractivity contribution is -0.136. The van der Waals surface area contributed by atoms with E-state index in [9.17, 15) is 9.59 Å². The van der Waals surface area contributed by atoms with Gasteiger partial charge >= 0.3 is 0 Å². The number of rotatable bonds is 4. The van der Waals surface area contributed by atoms with Crippen molar-refractivity contribution in [2.75, 3.05) is 52.4 Å². The predicted molar refractivity (Wildman–Crippen MR) is 84.4 cm³/mol. The van der Waals surface area contributed by atoms with Crippen LogP contribution in [0.4, 0.5) is 0 Å². The van der Waals surface area contributed by atoms with Gasteiger partial charge in [0, 0.05) is 51.7 Å². The van der Waals surface area contributed by atoms with E-state index >= 15 is 0 Å². The summed E-state index contributed by atoms with van der Waals surface area (Å²) in [5.41, 5.74) is 0. The number of carbonyl (C=O) groups is 2. The van der Waals surface area contributed by atoms with Crippen LogP contribution in [0.3, 0.4) is 0 Å². The molecule has 0 aromatic carbocycles. The molecule has 2 atom stereocenters. The molecule has 22 heavy (non-hydrogen) atoms. The number of carbonyl (C=O) groups excluding carboxylic acids is 2. The van der Waals surface area contributed by atoms with Gasteiger partial charge in [-0.2, -0.15) is 0 Å². The fourth-order valence-electron chi connectivity index (χ4n) is 4.03. The zero-order chi connectivity index (χ0) is 15.5. The van der Waals surface area contributed by atoms with Crippen molar-refractivity contribution < 1.29 is 9.59 Å². The number of nitrogens with zero attached hydrogens (tertiary/aromatic N) is 3. The van der Waals surface area contributed by atoms with Gasteiger partial charge in [0.05, 0.1) is 5.92 Å². The first-order chi connectivity index (χ1) is 10.7. The van der Waals surface area contributed by atoms with E-state index in [1.54, 1.807) is 0 Å². The van der Waals surface area contributed by atoms with Crippen molar-refractivity contribution in [3.05, 3.63) is 0 Å². The molecule has 0 radical (unpaired) electrons. The molecule has 3 rings (SSSR count). The summed E-state index contributed by atoms with van der Waals surface area (Å²) in [6.07, 6.45) is 2.80. The molecule has 0 aromatic rings. The third-order valence-electron chi connectivity index (χ3n) is 5.33. The average Bonchev–Trinajstić information content (AvgIpc) is 3.15. The first-order valence-electron chi connectivity index (χ1n) is 8.70. The summed E-state index contributed by atoms with van der Waals surface area (Å²) in [7, 11) is 0. The number of likely N-dealkylation sites (N-methyl/N-ethyl adjacent to an activating group) is 1. The van der Waals surface area contributed by atoms with Crippen LogP contribution in [0.5, 0.6) is 0 Å². The summed E-state index contributed by atoms with van der Waals surface area (Å²) >= 11 is 0. The van der Waals surface area contributed by atoms with Crippen LogP contribution in [-0.2, 0) is 9.59 Å². The maximum absolute atomic E-state index is 12.6. The molecule has 0 aromatic heterocycles. The van der Waals surface area contributed by atoms with Crippen LogP contribution >= 0.6 is 0 Å². The Labute approximate surface area is 132 Å². The Balaban J connectivity index is 1.55. The van der Waals surface area contributed by atoms with Crippen LogP contribution in [0.2, 0.25) is 0 Å². The molecule has 3 fully saturated rings. The molecule has 3 saturated heterocycles. The van der Waals surface area contributed by atoms with Crippen LogP contribution in [0, 0.1) is 5.92 Å². The Morgan fingerprint density at radius 3 is 2.77 bits per heavy atom. The van der Waals surface area contributed by atoms with Crippen LogP contribution in [0.15, 0.2) is 0 Å². The number of hydrogen-bond acceptors (Lipinski definition) is 4. The fraction of sp³-hybridized carbons (Fsp3) is 0.875. The Morgan fingerprint density at radius 1 is 1.27 bits per heavy atom. The van der Waals surface area contributed by atoms with Gasteiger partial charge in [0.25, 0.3) is 0 Å². The summed E-state index contributed by atoms with van der Waals surface area (Å²) < 4.78 is 0. The normalized spacial score (nSPS) is 30.3. The number of likely N-dealkylation sites (tertiary alicyclic amines) is 2. The van der Waals surface area contributed by atoms with E-state index in [0.717, 1.165) is 45.8 Å². The van der Waals surface area contributed by atoms with Gasteiger partial charge in [-0.1, -0.05) is 6.92 Å². The van der Waals surface area contributed by atoms with Gasteiger partial charge in [-0.15, -0.1) is 0 Å². The highest BCUT2D eigenvalue weighted by Crippen LogP contribution is 2.24. The van der Waals surface area contributed by atoms with Crippen LogP contribution in [0.25, 0.3) is 0 Å². The second-order valence-electron chi connectivity index (χ2n) is 6.70. The van der Waals surface area contributed by atoms with Gasteiger partial charge in [-0.05, 0) is 25.9 Å². The number of amides is 2. The van der Waals surface area contributed by atoms with E-state index in [1.165, 1.54) is 12.8 Å². The van der Waals surface area contributed by atoms with E-state index in [4.69, 9.17) is 0 Å². The van der Waals surface area contributed by atoms with Gasteiger partial charge < -0.3 is 15.1 Å². The molecule has 3 aliphatic heterocycles. The Hall–Kier alpha value is -1.14. The molecular weight excluding hydrogens is 280 g/mol. The highest BCUT2D eigenvalue weighted by molar-refractivity contribution is 5.89. The summed E-state index contributed by atoms with van der Waals surface area (Å²) in [6, 6.07) is 0.488. The molecule has 3 aliphatic rings. The van der Waals surface area contributed by atoms with Crippen molar-refractivity contribution in [3.8, 4) is 0 Å². The third-order valence-corrected chi connectivity index (χ3v) is 5.33. The van der Waals surface area contributed by atoms with E-state index in [0.29, 0.717) is 19.0 Å². The lowest BCUT2D eigenvalue weighted by atomic mass is 10.1. The zero-order valence-electron chi connectivity index (χ0n) is 13.6. The van der Waals surface area contributed by atoms with Gasteiger partial charge in [0.2, 0.25) is 11.8 Å². The fourth-order valence-corrected chi connectivity index (χ4v) is 4.03. The van der Waals surface area contributed by atoms with E-state index < -0.39 is 0 Å². The lowest BCUT2D eigenvalue weighted by Gasteiger charge is -2.30. The van der Waals surface area contributed by atoms with Crippen molar-refractivity contribution in [1.29, 1.82) is 0 Å². The minimum Gasteiger partial charge on any atom is -0.340 e. The molecular formula is C16H28N4O2.